The highest BCUT2D eigenvalue weighted by Gasteiger charge is 2.35. The zero-order valence-corrected chi connectivity index (χ0v) is 19.3. The van der Waals surface area contributed by atoms with Crippen molar-refractivity contribution >= 4 is 6.03 Å². The lowest BCUT2D eigenvalue weighted by atomic mass is 9.86. The number of nitrogens with one attached hydrogen (secondary N) is 2. The van der Waals surface area contributed by atoms with Crippen LogP contribution in [0.2, 0.25) is 0 Å². The topological polar surface area (TPSA) is 62.8 Å². The molecular weight excluding hydrogens is 390 g/mol. The molecule has 1 aliphatic heterocycles. The Morgan fingerprint density at radius 3 is 2.55 bits per heavy atom. The molecule has 1 heterocycles. The monoisotopic (exact) mass is 425 g/mol. The minimum Gasteiger partial charge on any atom is -0.493 e. The number of hydrogen-bond acceptors (Lipinski definition) is 4. The Morgan fingerprint density at radius 2 is 1.90 bits per heavy atom. The maximum Gasteiger partial charge on any atom is 0.315 e. The van der Waals surface area contributed by atoms with Crippen molar-refractivity contribution in [2.24, 2.45) is 0 Å². The predicted molar refractivity (Wildman–Crippen MR) is 124 cm³/mol. The van der Waals surface area contributed by atoms with E-state index < -0.39 is 0 Å². The molecule has 0 aliphatic carbocycles. The average Bonchev–Trinajstić information content (AvgIpc) is 2.77. The van der Waals surface area contributed by atoms with Gasteiger partial charge in [-0.1, -0.05) is 36.8 Å². The summed E-state index contributed by atoms with van der Waals surface area (Å²) in [5.74, 6) is 1.47. The van der Waals surface area contributed by atoms with Crippen molar-refractivity contribution in [3.8, 4) is 11.5 Å². The van der Waals surface area contributed by atoms with Crippen molar-refractivity contribution in [2.45, 2.75) is 52.2 Å². The van der Waals surface area contributed by atoms with Crippen molar-refractivity contribution in [1.29, 1.82) is 0 Å². The Bertz CT molecular complexity index is 900. The lowest BCUT2D eigenvalue weighted by Crippen LogP contribution is -2.50. The van der Waals surface area contributed by atoms with Gasteiger partial charge < -0.3 is 20.1 Å². The van der Waals surface area contributed by atoms with Gasteiger partial charge in [-0.25, -0.2) is 4.79 Å². The molecule has 0 saturated carbocycles. The Morgan fingerprint density at radius 1 is 1.16 bits per heavy atom. The molecular formula is C25H35N3O3. The molecule has 2 aromatic rings. The standard InChI is InChI=1S/C25H35N3O3/c1-6-21(27-25(29)26-7-2)24-20-15-23(31-5)22(30-4)14-19(20)11-12-28(24)16-18-10-8-9-17(3)13-18/h8-10,13-15,21,24H,6-7,11-12,16H2,1-5H3,(H2,26,27,29). The van der Waals surface area contributed by atoms with Crippen LogP contribution in [0, 0.1) is 6.92 Å². The first kappa shape index (κ1) is 22.9. The molecule has 0 aromatic heterocycles. The Hall–Kier alpha value is -2.73. The van der Waals surface area contributed by atoms with Crippen LogP contribution in [-0.2, 0) is 13.0 Å². The third-order valence-corrected chi connectivity index (χ3v) is 5.97. The SMILES string of the molecule is CCNC(=O)NC(CC)C1c2cc(OC)c(OC)cc2CCN1Cc1cccc(C)c1. The number of carbonyl (C=O) groups excluding carboxylic acids is 1. The second kappa shape index (κ2) is 10.5. The summed E-state index contributed by atoms with van der Waals surface area (Å²) in [5, 5.41) is 6.08. The van der Waals surface area contributed by atoms with Crippen molar-refractivity contribution in [3.63, 3.8) is 0 Å². The highest BCUT2D eigenvalue weighted by Crippen LogP contribution is 2.40. The smallest absolute Gasteiger partial charge is 0.315 e. The van der Waals surface area contributed by atoms with Gasteiger partial charge in [0.15, 0.2) is 11.5 Å². The molecule has 0 saturated heterocycles. The van der Waals surface area contributed by atoms with E-state index in [1.54, 1.807) is 14.2 Å². The third-order valence-electron chi connectivity index (χ3n) is 5.97. The summed E-state index contributed by atoms with van der Waals surface area (Å²) in [6, 6.07) is 12.7. The summed E-state index contributed by atoms with van der Waals surface area (Å²) < 4.78 is 11.1. The molecule has 168 valence electrons. The van der Waals surface area contributed by atoms with Gasteiger partial charge in [0.1, 0.15) is 0 Å². The summed E-state index contributed by atoms with van der Waals surface area (Å²) in [4.78, 5) is 14.9. The molecule has 6 heteroatoms. The van der Waals surface area contributed by atoms with E-state index in [2.05, 4.69) is 65.8 Å². The molecule has 0 radical (unpaired) electrons. The van der Waals surface area contributed by atoms with Crippen LogP contribution in [-0.4, -0.2) is 44.3 Å². The van der Waals surface area contributed by atoms with Gasteiger partial charge >= 0.3 is 6.03 Å². The summed E-state index contributed by atoms with van der Waals surface area (Å²) in [6.07, 6.45) is 1.75. The van der Waals surface area contributed by atoms with Gasteiger partial charge in [0.25, 0.3) is 0 Å². The fourth-order valence-electron chi connectivity index (χ4n) is 4.51. The predicted octanol–water partition coefficient (Wildman–Crippen LogP) is 4.21. The van der Waals surface area contributed by atoms with E-state index in [0.717, 1.165) is 37.4 Å². The maximum absolute atomic E-state index is 12.4. The van der Waals surface area contributed by atoms with Crippen molar-refractivity contribution in [3.05, 3.63) is 58.7 Å². The van der Waals surface area contributed by atoms with Crippen molar-refractivity contribution in [1.82, 2.24) is 15.5 Å². The van der Waals surface area contributed by atoms with Gasteiger partial charge in [-0.15, -0.1) is 0 Å². The molecule has 31 heavy (non-hydrogen) atoms. The summed E-state index contributed by atoms with van der Waals surface area (Å²) in [5.41, 5.74) is 4.98. The summed E-state index contributed by atoms with van der Waals surface area (Å²) in [6.45, 7) is 8.51. The first-order valence-electron chi connectivity index (χ1n) is 11.1. The van der Waals surface area contributed by atoms with Crippen LogP contribution in [0.25, 0.3) is 0 Å². The highest BCUT2D eigenvalue weighted by atomic mass is 16.5. The van der Waals surface area contributed by atoms with E-state index in [-0.39, 0.29) is 18.1 Å². The van der Waals surface area contributed by atoms with E-state index in [1.165, 1.54) is 22.3 Å². The fourth-order valence-corrected chi connectivity index (χ4v) is 4.51. The number of carbonyl (C=O) groups is 1. The second-order valence-corrected chi connectivity index (χ2v) is 8.08. The van der Waals surface area contributed by atoms with Crippen molar-refractivity contribution < 1.29 is 14.3 Å². The number of aryl methyl sites for hydroxylation is 1. The first-order valence-corrected chi connectivity index (χ1v) is 11.1. The number of nitrogens with zero attached hydrogens (tertiary/aromatic N) is 1. The van der Waals surface area contributed by atoms with Gasteiger partial charge in [-0.05, 0) is 55.5 Å². The molecule has 2 N–H and O–H groups in total. The molecule has 2 amide bonds. The average molecular weight is 426 g/mol. The van der Waals surface area contributed by atoms with E-state index >= 15 is 0 Å². The molecule has 0 spiro atoms. The zero-order valence-electron chi connectivity index (χ0n) is 19.3. The van der Waals surface area contributed by atoms with Crippen LogP contribution in [0.5, 0.6) is 11.5 Å². The number of methoxy groups -OCH3 is 2. The lowest BCUT2D eigenvalue weighted by molar-refractivity contribution is 0.135. The van der Waals surface area contributed by atoms with Gasteiger partial charge in [-0.2, -0.15) is 0 Å². The number of fused-ring (bicyclic) bond motifs is 1. The van der Waals surface area contributed by atoms with Crippen LogP contribution in [0.15, 0.2) is 36.4 Å². The van der Waals surface area contributed by atoms with Crippen LogP contribution in [0.1, 0.15) is 48.6 Å². The quantitative estimate of drug-likeness (QED) is 0.665. The maximum atomic E-state index is 12.4. The fraction of sp³-hybridized carbons (Fsp3) is 0.480. The normalized spacial score (nSPS) is 16.9. The molecule has 6 nitrogen and oxygen atoms in total. The van der Waals surface area contributed by atoms with Gasteiger partial charge in [0.05, 0.1) is 26.3 Å². The lowest BCUT2D eigenvalue weighted by Gasteiger charge is -2.42. The molecule has 2 aromatic carbocycles. The molecule has 0 bridgehead atoms. The highest BCUT2D eigenvalue weighted by molar-refractivity contribution is 5.74. The minimum absolute atomic E-state index is 0.0338. The number of hydrogen-bond donors (Lipinski definition) is 2. The molecule has 2 atom stereocenters. The largest absolute Gasteiger partial charge is 0.493 e. The third kappa shape index (κ3) is 5.31. The van der Waals surface area contributed by atoms with Crippen LogP contribution < -0.4 is 20.1 Å². The number of rotatable bonds is 8. The van der Waals surface area contributed by atoms with E-state index in [9.17, 15) is 4.79 Å². The number of urea groups is 1. The zero-order chi connectivity index (χ0) is 22.4. The number of benzene rings is 2. The summed E-state index contributed by atoms with van der Waals surface area (Å²) in [7, 11) is 3.33. The molecule has 3 rings (SSSR count). The molecule has 0 fully saturated rings. The van der Waals surface area contributed by atoms with Gasteiger partial charge in [-0.3, -0.25) is 4.90 Å². The summed E-state index contributed by atoms with van der Waals surface area (Å²) >= 11 is 0. The number of ether oxygens (including phenoxy) is 2. The first-order chi connectivity index (χ1) is 15.0. The molecule has 1 aliphatic rings. The van der Waals surface area contributed by atoms with Gasteiger partial charge in [0.2, 0.25) is 0 Å². The van der Waals surface area contributed by atoms with Crippen LogP contribution in [0.4, 0.5) is 4.79 Å². The van der Waals surface area contributed by atoms with Gasteiger partial charge in [0, 0.05) is 19.6 Å². The number of amides is 2. The van der Waals surface area contributed by atoms with Crippen LogP contribution >= 0.6 is 0 Å². The van der Waals surface area contributed by atoms with E-state index in [4.69, 9.17) is 9.47 Å². The Kier molecular flexibility index (Phi) is 7.80. The van der Waals surface area contributed by atoms with Crippen LogP contribution in [0.3, 0.4) is 0 Å². The Labute approximate surface area is 185 Å². The van der Waals surface area contributed by atoms with E-state index in [0.29, 0.717) is 6.54 Å². The molecule has 2 unspecified atom stereocenters. The van der Waals surface area contributed by atoms with Crippen molar-refractivity contribution in [2.75, 3.05) is 27.3 Å². The second-order valence-electron chi connectivity index (χ2n) is 8.08. The van der Waals surface area contributed by atoms with E-state index in [1.807, 2.05) is 6.92 Å². The Balaban J connectivity index is 2.01. The minimum atomic E-state index is -0.127.